The third-order valence-electron chi connectivity index (χ3n) is 4.09. The molecule has 0 aliphatic carbocycles. The molecule has 1 heterocycles. The fourth-order valence-corrected chi connectivity index (χ4v) is 3.71. The molecule has 2 aromatic carbocycles. The molecular weight excluding hydrogens is 394 g/mol. The van der Waals surface area contributed by atoms with Crippen molar-refractivity contribution in [3.8, 4) is 5.75 Å². The minimum atomic E-state index is -0.169. The highest BCUT2D eigenvalue weighted by Crippen LogP contribution is 2.13. The first-order valence-corrected chi connectivity index (χ1v) is 10.1. The lowest BCUT2D eigenvalue weighted by Crippen LogP contribution is -2.29. The van der Waals surface area contributed by atoms with Crippen molar-refractivity contribution in [1.29, 1.82) is 0 Å². The van der Waals surface area contributed by atoms with E-state index in [4.69, 9.17) is 16.3 Å². The molecule has 0 aliphatic rings. The van der Waals surface area contributed by atoms with Crippen molar-refractivity contribution in [1.82, 2.24) is 4.57 Å². The van der Waals surface area contributed by atoms with Gasteiger partial charge in [0.1, 0.15) is 10.4 Å². The fraction of sp³-hybridized carbons (Fsp3) is 0.182. The third-order valence-corrected chi connectivity index (χ3v) is 5.46. The molecule has 3 aromatic rings. The van der Waals surface area contributed by atoms with Gasteiger partial charge < -0.3 is 9.30 Å². The third kappa shape index (κ3) is 4.80. The largest absolute Gasteiger partial charge is 0.494 e. The van der Waals surface area contributed by atoms with Crippen LogP contribution in [0.1, 0.15) is 29.3 Å². The average molecular weight is 414 g/mol. The molecule has 0 spiro atoms. The lowest BCUT2D eigenvalue weighted by Gasteiger charge is -2.03. The number of nitrogens with zero attached hydrogens (tertiary/aromatic N) is 1. The van der Waals surface area contributed by atoms with Gasteiger partial charge in [-0.25, -0.2) is 0 Å². The van der Waals surface area contributed by atoms with Gasteiger partial charge in [-0.05, 0) is 54.5 Å². The van der Waals surface area contributed by atoms with E-state index >= 15 is 0 Å². The summed E-state index contributed by atoms with van der Waals surface area (Å²) in [5.41, 5.74) is 1.29. The summed E-state index contributed by atoms with van der Waals surface area (Å²) >= 11 is 7.15. The minimum Gasteiger partial charge on any atom is -0.494 e. The Morgan fingerprint density at radius 3 is 2.46 bits per heavy atom. The Labute approximate surface area is 172 Å². The molecule has 0 aliphatic heterocycles. The van der Waals surface area contributed by atoms with Crippen LogP contribution >= 0.6 is 22.9 Å². The monoisotopic (exact) mass is 413 g/mol. The number of hydrogen-bond donors (Lipinski definition) is 0. The van der Waals surface area contributed by atoms with E-state index in [2.05, 4.69) is 6.92 Å². The Morgan fingerprint density at radius 1 is 1.14 bits per heavy atom. The maximum absolute atomic E-state index is 12.5. The normalized spacial score (nSPS) is 12.4. The number of ether oxygens (including phenoxy) is 1. The van der Waals surface area contributed by atoms with Gasteiger partial charge >= 0.3 is 0 Å². The van der Waals surface area contributed by atoms with Gasteiger partial charge in [-0.1, -0.05) is 30.7 Å². The molecule has 0 atom stereocenters. The van der Waals surface area contributed by atoms with E-state index in [9.17, 15) is 9.59 Å². The van der Waals surface area contributed by atoms with Crippen LogP contribution in [0, 0.1) is 0 Å². The highest BCUT2D eigenvalue weighted by molar-refractivity contribution is 7.07. The molecule has 0 amide bonds. The second-order valence-electron chi connectivity index (χ2n) is 6.25. The van der Waals surface area contributed by atoms with E-state index in [0.717, 1.165) is 17.7 Å². The lowest BCUT2D eigenvalue weighted by atomic mass is 10.1. The number of halogens is 1. The zero-order valence-corrected chi connectivity index (χ0v) is 17.2. The summed E-state index contributed by atoms with van der Waals surface area (Å²) in [6, 6.07) is 14.3. The smallest absolute Gasteiger partial charge is 0.268 e. The number of ketones is 1. The number of rotatable bonds is 6. The summed E-state index contributed by atoms with van der Waals surface area (Å²) in [4.78, 5) is 25.0. The van der Waals surface area contributed by atoms with Crippen LogP contribution in [0.2, 0.25) is 5.02 Å². The molecule has 0 bridgehead atoms. The molecule has 28 heavy (non-hydrogen) atoms. The first kappa shape index (κ1) is 20.1. The van der Waals surface area contributed by atoms with Crippen LogP contribution in [0.5, 0.6) is 5.75 Å². The van der Waals surface area contributed by atoms with E-state index in [0.29, 0.717) is 26.4 Å². The number of carbonyl (C=O) groups is 1. The van der Waals surface area contributed by atoms with Gasteiger partial charge in [0.05, 0.1) is 11.1 Å². The van der Waals surface area contributed by atoms with E-state index < -0.39 is 0 Å². The molecule has 6 heteroatoms. The molecule has 4 nitrogen and oxygen atoms in total. The lowest BCUT2D eigenvalue weighted by molar-refractivity contribution is 0.106. The van der Waals surface area contributed by atoms with Gasteiger partial charge in [0.15, 0.2) is 5.78 Å². The predicted molar refractivity (Wildman–Crippen MR) is 115 cm³/mol. The molecule has 0 saturated heterocycles. The summed E-state index contributed by atoms with van der Waals surface area (Å²) in [5.74, 6) is 0.637. The standard InChI is InChI=1S/C22H20ClNO3S/c1-3-12-27-18-10-4-15(5-11-18)13-20-22(26)24(2)21(28-20)14-19(25)16-6-8-17(23)9-7-16/h4-11,13-14H,3,12H2,1-2H3/b20-13-,21-14-. The van der Waals surface area contributed by atoms with Crippen LogP contribution in [0.4, 0.5) is 0 Å². The molecule has 0 fully saturated rings. The number of hydrogen-bond acceptors (Lipinski definition) is 4. The SMILES string of the molecule is CCCOc1ccc(/C=c2\s/c(=C\C(=O)c3ccc(Cl)cc3)n(C)c2=O)cc1. The second kappa shape index (κ2) is 9.04. The molecule has 0 N–H and O–H groups in total. The molecule has 0 unspecified atom stereocenters. The summed E-state index contributed by atoms with van der Waals surface area (Å²) < 4.78 is 8.23. The molecular formula is C22H20ClNO3S. The van der Waals surface area contributed by atoms with Crippen molar-refractivity contribution in [3.05, 3.63) is 84.2 Å². The van der Waals surface area contributed by atoms with Gasteiger partial charge in [0.2, 0.25) is 0 Å². The number of Topliss-reactive ketones (excluding diaryl/α,β-unsaturated/α-hetero) is 1. The van der Waals surface area contributed by atoms with Crippen LogP contribution < -0.4 is 19.5 Å². The van der Waals surface area contributed by atoms with Gasteiger partial charge in [-0.2, -0.15) is 0 Å². The Morgan fingerprint density at radius 2 is 1.82 bits per heavy atom. The summed E-state index contributed by atoms with van der Waals surface area (Å²) in [6.45, 7) is 2.73. The van der Waals surface area contributed by atoms with Gasteiger partial charge in [-0.3, -0.25) is 9.59 Å². The van der Waals surface area contributed by atoms with Crippen LogP contribution in [0.15, 0.2) is 53.3 Å². The van der Waals surface area contributed by atoms with Gasteiger partial charge in [-0.15, -0.1) is 11.3 Å². The molecule has 0 radical (unpaired) electrons. The van der Waals surface area contributed by atoms with Crippen LogP contribution in [-0.2, 0) is 7.05 Å². The van der Waals surface area contributed by atoms with Crippen molar-refractivity contribution in [2.75, 3.05) is 6.61 Å². The topological polar surface area (TPSA) is 48.3 Å². The Balaban J connectivity index is 1.92. The maximum Gasteiger partial charge on any atom is 0.268 e. The summed E-state index contributed by atoms with van der Waals surface area (Å²) in [7, 11) is 1.67. The minimum absolute atomic E-state index is 0.133. The van der Waals surface area contributed by atoms with Crippen molar-refractivity contribution in [3.63, 3.8) is 0 Å². The second-order valence-corrected chi connectivity index (χ2v) is 7.74. The van der Waals surface area contributed by atoms with Crippen molar-refractivity contribution in [2.24, 2.45) is 7.05 Å². The molecule has 1 aromatic heterocycles. The Bertz CT molecular complexity index is 1140. The van der Waals surface area contributed by atoms with Crippen LogP contribution in [0.3, 0.4) is 0 Å². The van der Waals surface area contributed by atoms with Crippen molar-refractivity contribution >= 4 is 40.9 Å². The predicted octanol–water partition coefficient (Wildman–Crippen LogP) is 3.38. The zero-order chi connectivity index (χ0) is 20.1. The highest BCUT2D eigenvalue weighted by atomic mass is 35.5. The average Bonchev–Trinajstić information content (AvgIpc) is 2.95. The highest BCUT2D eigenvalue weighted by Gasteiger charge is 2.06. The maximum atomic E-state index is 12.5. The molecule has 144 valence electrons. The summed E-state index contributed by atoms with van der Waals surface area (Å²) in [5, 5.41) is 0.572. The Kier molecular flexibility index (Phi) is 6.49. The van der Waals surface area contributed by atoms with E-state index in [1.54, 1.807) is 31.3 Å². The van der Waals surface area contributed by atoms with Gasteiger partial charge in [0.25, 0.3) is 5.56 Å². The number of aromatic nitrogens is 1. The van der Waals surface area contributed by atoms with E-state index in [1.807, 2.05) is 30.3 Å². The van der Waals surface area contributed by atoms with Gasteiger partial charge in [0, 0.05) is 23.7 Å². The first-order valence-electron chi connectivity index (χ1n) is 8.90. The van der Waals surface area contributed by atoms with E-state index in [1.165, 1.54) is 22.0 Å². The quantitative estimate of drug-likeness (QED) is 0.582. The van der Waals surface area contributed by atoms with Crippen LogP contribution in [-0.4, -0.2) is 17.0 Å². The van der Waals surface area contributed by atoms with Crippen molar-refractivity contribution in [2.45, 2.75) is 13.3 Å². The molecule has 3 rings (SSSR count). The van der Waals surface area contributed by atoms with Crippen LogP contribution in [0.25, 0.3) is 12.2 Å². The zero-order valence-electron chi connectivity index (χ0n) is 15.6. The number of benzene rings is 2. The first-order chi connectivity index (χ1) is 13.5. The number of thiazole rings is 1. The molecule has 0 saturated carbocycles. The van der Waals surface area contributed by atoms with Crippen molar-refractivity contribution < 1.29 is 9.53 Å². The fourth-order valence-electron chi connectivity index (χ4n) is 2.55. The summed E-state index contributed by atoms with van der Waals surface area (Å²) in [6.07, 6.45) is 4.25. The van der Waals surface area contributed by atoms with E-state index in [-0.39, 0.29) is 11.3 Å². The number of carbonyl (C=O) groups excluding carboxylic acids is 1. The Hall–Kier alpha value is -2.63.